The lowest BCUT2D eigenvalue weighted by molar-refractivity contribution is 0.242. The van der Waals surface area contributed by atoms with Crippen LogP contribution in [0.25, 0.3) is 0 Å². The Kier molecular flexibility index (Phi) is 3.48. The van der Waals surface area contributed by atoms with E-state index in [9.17, 15) is 0 Å². The second kappa shape index (κ2) is 5.24. The number of nitrogens with zero attached hydrogens (tertiary/aromatic N) is 2. The zero-order valence-electron chi connectivity index (χ0n) is 11.0. The second-order valence-electron chi connectivity index (χ2n) is 5.49. The minimum absolute atomic E-state index is 0.722. The van der Waals surface area contributed by atoms with E-state index in [0.29, 0.717) is 0 Å². The third-order valence-corrected chi connectivity index (χ3v) is 3.55. The Balaban J connectivity index is 1.51. The normalized spacial score (nSPS) is 21.1. The van der Waals surface area contributed by atoms with Crippen LogP contribution in [0.1, 0.15) is 37.6 Å². The van der Waals surface area contributed by atoms with Crippen molar-refractivity contribution in [2.45, 2.75) is 45.3 Å². The molecule has 0 saturated heterocycles. The largest absolute Gasteiger partial charge is 0.360 e. The Bertz CT molecular complexity index is 434. The van der Waals surface area contributed by atoms with Gasteiger partial charge in [-0.25, -0.2) is 0 Å². The van der Waals surface area contributed by atoms with Crippen molar-refractivity contribution < 1.29 is 4.52 Å². The molecule has 1 aliphatic heterocycles. The average molecular weight is 247 g/mol. The summed E-state index contributed by atoms with van der Waals surface area (Å²) in [5.41, 5.74) is 2.48. The van der Waals surface area contributed by atoms with Crippen LogP contribution in [0.5, 0.6) is 0 Å². The minimum Gasteiger partial charge on any atom is -0.360 e. The van der Waals surface area contributed by atoms with Crippen LogP contribution < -0.4 is 5.32 Å². The SMILES string of the molecule is CC1=CCCN(Cc2cc(CNC3CC3)no2)C1. The van der Waals surface area contributed by atoms with E-state index in [2.05, 4.69) is 34.4 Å². The van der Waals surface area contributed by atoms with Crippen molar-refractivity contribution in [1.29, 1.82) is 0 Å². The summed E-state index contributed by atoms with van der Waals surface area (Å²) in [6.45, 7) is 6.08. The van der Waals surface area contributed by atoms with Crippen LogP contribution in [0.2, 0.25) is 0 Å². The number of hydrogen-bond acceptors (Lipinski definition) is 4. The standard InChI is InChI=1S/C14H21N3O/c1-11-3-2-6-17(9-11)10-14-7-13(16-18-14)8-15-12-4-5-12/h3,7,12,15H,2,4-6,8-10H2,1H3. The van der Waals surface area contributed by atoms with Gasteiger partial charge in [-0.3, -0.25) is 4.90 Å². The van der Waals surface area contributed by atoms with Crippen molar-refractivity contribution in [3.63, 3.8) is 0 Å². The zero-order chi connectivity index (χ0) is 12.4. The second-order valence-corrected chi connectivity index (χ2v) is 5.49. The van der Waals surface area contributed by atoms with Gasteiger partial charge in [0, 0.05) is 31.7 Å². The number of hydrogen-bond donors (Lipinski definition) is 1. The molecule has 0 atom stereocenters. The summed E-state index contributed by atoms with van der Waals surface area (Å²) in [6.07, 6.45) is 6.09. The quantitative estimate of drug-likeness (QED) is 0.809. The lowest BCUT2D eigenvalue weighted by Crippen LogP contribution is -2.28. The van der Waals surface area contributed by atoms with E-state index in [-0.39, 0.29) is 0 Å². The molecule has 2 aliphatic rings. The molecule has 3 rings (SSSR count). The van der Waals surface area contributed by atoms with Gasteiger partial charge in [0.25, 0.3) is 0 Å². The molecule has 0 unspecified atom stereocenters. The van der Waals surface area contributed by atoms with E-state index in [1.807, 2.05) is 0 Å². The average Bonchev–Trinajstić information content (AvgIpc) is 3.08. The molecule has 4 heteroatoms. The topological polar surface area (TPSA) is 41.3 Å². The van der Waals surface area contributed by atoms with Gasteiger partial charge in [0.1, 0.15) is 0 Å². The summed E-state index contributed by atoms with van der Waals surface area (Å²) in [5, 5.41) is 7.57. The molecule has 0 aromatic carbocycles. The van der Waals surface area contributed by atoms with Crippen LogP contribution in [0.3, 0.4) is 0 Å². The van der Waals surface area contributed by atoms with Gasteiger partial charge in [0.2, 0.25) is 0 Å². The molecular weight excluding hydrogens is 226 g/mol. The van der Waals surface area contributed by atoms with E-state index >= 15 is 0 Å². The monoisotopic (exact) mass is 247 g/mol. The molecule has 1 N–H and O–H groups in total. The Labute approximate surface area is 108 Å². The van der Waals surface area contributed by atoms with Crippen molar-refractivity contribution in [2.75, 3.05) is 13.1 Å². The fourth-order valence-electron chi connectivity index (χ4n) is 2.40. The molecule has 1 aromatic heterocycles. The molecule has 0 radical (unpaired) electrons. The maximum Gasteiger partial charge on any atom is 0.151 e. The summed E-state index contributed by atoms with van der Waals surface area (Å²) < 4.78 is 5.40. The van der Waals surface area contributed by atoms with Gasteiger partial charge >= 0.3 is 0 Å². The van der Waals surface area contributed by atoms with Gasteiger partial charge in [-0.1, -0.05) is 16.8 Å². The third-order valence-electron chi connectivity index (χ3n) is 3.55. The third kappa shape index (κ3) is 3.21. The van der Waals surface area contributed by atoms with Gasteiger partial charge in [0.05, 0.1) is 12.2 Å². The van der Waals surface area contributed by atoms with Crippen molar-refractivity contribution >= 4 is 0 Å². The van der Waals surface area contributed by atoms with Gasteiger partial charge in [-0.15, -0.1) is 0 Å². The van der Waals surface area contributed by atoms with Crippen molar-refractivity contribution in [3.8, 4) is 0 Å². The van der Waals surface area contributed by atoms with Crippen molar-refractivity contribution in [3.05, 3.63) is 29.2 Å². The highest BCUT2D eigenvalue weighted by Gasteiger charge is 2.21. The molecule has 0 bridgehead atoms. The van der Waals surface area contributed by atoms with E-state index in [0.717, 1.165) is 50.1 Å². The predicted molar refractivity (Wildman–Crippen MR) is 70.0 cm³/mol. The Morgan fingerprint density at radius 2 is 2.39 bits per heavy atom. The predicted octanol–water partition coefficient (Wildman–Crippen LogP) is 2.08. The molecule has 2 heterocycles. The van der Waals surface area contributed by atoms with Gasteiger partial charge < -0.3 is 9.84 Å². The molecule has 1 aliphatic carbocycles. The first-order chi connectivity index (χ1) is 8.79. The molecule has 4 nitrogen and oxygen atoms in total. The Morgan fingerprint density at radius 1 is 1.50 bits per heavy atom. The first-order valence-corrected chi connectivity index (χ1v) is 6.85. The summed E-state index contributed by atoms with van der Waals surface area (Å²) in [6, 6.07) is 2.81. The molecule has 1 saturated carbocycles. The highest BCUT2D eigenvalue weighted by molar-refractivity contribution is 5.09. The van der Waals surface area contributed by atoms with Crippen LogP contribution in [-0.4, -0.2) is 29.2 Å². The molecule has 98 valence electrons. The molecular formula is C14H21N3O. The summed E-state index contributed by atoms with van der Waals surface area (Å²) >= 11 is 0. The van der Waals surface area contributed by atoms with Gasteiger partial charge in [-0.2, -0.15) is 0 Å². The van der Waals surface area contributed by atoms with Crippen LogP contribution in [-0.2, 0) is 13.1 Å². The van der Waals surface area contributed by atoms with Crippen LogP contribution in [0.15, 0.2) is 22.2 Å². The van der Waals surface area contributed by atoms with Crippen molar-refractivity contribution in [2.24, 2.45) is 0 Å². The maximum atomic E-state index is 5.40. The van der Waals surface area contributed by atoms with Crippen LogP contribution in [0, 0.1) is 0 Å². The summed E-state index contributed by atoms with van der Waals surface area (Å²) in [7, 11) is 0. The first-order valence-electron chi connectivity index (χ1n) is 6.85. The fraction of sp³-hybridized carbons (Fsp3) is 0.643. The number of rotatable bonds is 5. The molecule has 1 fully saturated rings. The first kappa shape index (κ1) is 11.9. The molecule has 0 spiro atoms. The molecule has 1 aromatic rings. The van der Waals surface area contributed by atoms with Gasteiger partial charge in [-0.05, 0) is 26.2 Å². The molecule has 18 heavy (non-hydrogen) atoms. The highest BCUT2D eigenvalue weighted by Crippen LogP contribution is 2.19. The Morgan fingerprint density at radius 3 is 3.17 bits per heavy atom. The fourth-order valence-corrected chi connectivity index (χ4v) is 2.40. The van der Waals surface area contributed by atoms with Crippen molar-refractivity contribution in [1.82, 2.24) is 15.4 Å². The van der Waals surface area contributed by atoms with E-state index in [4.69, 9.17) is 4.52 Å². The van der Waals surface area contributed by atoms with Gasteiger partial charge in [0.15, 0.2) is 5.76 Å². The maximum absolute atomic E-state index is 5.40. The van der Waals surface area contributed by atoms with E-state index in [1.54, 1.807) is 0 Å². The smallest absolute Gasteiger partial charge is 0.151 e. The lowest BCUT2D eigenvalue weighted by Gasteiger charge is -2.24. The molecule has 0 amide bonds. The number of aromatic nitrogens is 1. The van der Waals surface area contributed by atoms with E-state index in [1.165, 1.54) is 18.4 Å². The van der Waals surface area contributed by atoms with E-state index < -0.39 is 0 Å². The minimum atomic E-state index is 0.722. The Hall–Kier alpha value is -1.13. The van der Waals surface area contributed by atoms with Crippen LogP contribution in [0.4, 0.5) is 0 Å². The zero-order valence-corrected chi connectivity index (χ0v) is 11.0. The summed E-state index contributed by atoms with van der Waals surface area (Å²) in [4.78, 5) is 2.41. The highest BCUT2D eigenvalue weighted by atomic mass is 16.5. The van der Waals surface area contributed by atoms with Crippen LogP contribution >= 0.6 is 0 Å². The lowest BCUT2D eigenvalue weighted by atomic mass is 10.1. The summed E-state index contributed by atoms with van der Waals surface area (Å²) in [5.74, 6) is 0.984. The number of nitrogens with one attached hydrogen (secondary N) is 1.